The summed E-state index contributed by atoms with van der Waals surface area (Å²) in [7, 11) is 0. The second-order valence-corrected chi connectivity index (χ2v) is 2.38. The van der Waals surface area contributed by atoms with Gasteiger partial charge >= 0.3 is 0 Å². The van der Waals surface area contributed by atoms with E-state index in [0.717, 1.165) is 25.0 Å². The van der Waals surface area contributed by atoms with Crippen molar-refractivity contribution < 1.29 is 4.52 Å². The van der Waals surface area contributed by atoms with Gasteiger partial charge in [-0.2, -0.15) is 0 Å². The molecule has 10 heavy (non-hydrogen) atoms. The fourth-order valence-corrected chi connectivity index (χ4v) is 1.01. The molecule has 2 nitrogen and oxygen atoms in total. The lowest BCUT2D eigenvalue weighted by atomic mass is 10.1. The van der Waals surface area contributed by atoms with Gasteiger partial charge < -0.3 is 4.52 Å². The molecule has 0 bridgehead atoms. The molecule has 0 unspecified atom stereocenters. The van der Waals surface area contributed by atoms with Crippen molar-refractivity contribution in [3.05, 3.63) is 17.5 Å². The Labute approximate surface area is 61.2 Å². The van der Waals surface area contributed by atoms with Crippen LogP contribution >= 0.6 is 0 Å². The van der Waals surface area contributed by atoms with Crippen LogP contribution in [0.25, 0.3) is 0 Å². The third kappa shape index (κ3) is 1.38. The van der Waals surface area contributed by atoms with E-state index in [1.54, 1.807) is 0 Å². The van der Waals surface area contributed by atoms with Crippen molar-refractivity contribution in [3.8, 4) is 0 Å². The minimum atomic E-state index is 1.02. The van der Waals surface area contributed by atoms with Crippen molar-refractivity contribution in [2.45, 2.75) is 33.1 Å². The van der Waals surface area contributed by atoms with Gasteiger partial charge in [0.1, 0.15) is 5.76 Å². The summed E-state index contributed by atoms with van der Waals surface area (Å²) in [5, 5.41) is 3.74. The molecule has 0 fully saturated rings. The zero-order valence-electron chi connectivity index (χ0n) is 6.55. The second-order valence-electron chi connectivity index (χ2n) is 2.38. The molecule has 56 valence electrons. The van der Waals surface area contributed by atoms with Gasteiger partial charge in [0, 0.05) is 12.0 Å². The summed E-state index contributed by atoms with van der Waals surface area (Å²) in [4.78, 5) is 0. The molecule has 2 heteroatoms. The molecule has 1 rings (SSSR count). The molecular formula is C8H13NO. The van der Waals surface area contributed by atoms with E-state index in [1.165, 1.54) is 5.56 Å². The number of hydrogen-bond acceptors (Lipinski definition) is 2. The van der Waals surface area contributed by atoms with Gasteiger partial charge in [-0.15, -0.1) is 0 Å². The SMILES string of the molecule is CCCc1oncc1CC. The Balaban J connectivity index is 2.70. The van der Waals surface area contributed by atoms with Crippen LogP contribution < -0.4 is 0 Å². The summed E-state index contributed by atoms with van der Waals surface area (Å²) in [5.74, 6) is 1.06. The Morgan fingerprint density at radius 2 is 2.30 bits per heavy atom. The first-order chi connectivity index (χ1) is 4.88. The van der Waals surface area contributed by atoms with Crippen LogP contribution in [0.2, 0.25) is 0 Å². The minimum absolute atomic E-state index is 1.02. The zero-order chi connectivity index (χ0) is 7.40. The van der Waals surface area contributed by atoms with Crippen LogP contribution in [-0.4, -0.2) is 5.16 Å². The molecule has 1 heterocycles. The minimum Gasteiger partial charge on any atom is -0.361 e. The number of nitrogens with zero attached hydrogens (tertiary/aromatic N) is 1. The quantitative estimate of drug-likeness (QED) is 0.641. The van der Waals surface area contributed by atoms with Crippen LogP contribution in [0.3, 0.4) is 0 Å². The van der Waals surface area contributed by atoms with Crippen LogP contribution in [0.15, 0.2) is 10.7 Å². The lowest BCUT2D eigenvalue weighted by molar-refractivity contribution is 0.381. The number of aromatic nitrogens is 1. The topological polar surface area (TPSA) is 26.0 Å². The summed E-state index contributed by atoms with van der Waals surface area (Å²) >= 11 is 0. The van der Waals surface area contributed by atoms with E-state index < -0.39 is 0 Å². The Bertz CT molecular complexity index is 193. The molecule has 0 aliphatic carbocycles. The number of aryl methyl sites for hydroxylation is 2. The summed E-state index contributed by atoms with van der Waals surface area (Å²) in [6.45, 7) is 4.26. The van der Waals surface area contributed by atoms with Crippen molar-refractivity contribution >= 4 is 0 Å². The van der Waals surface area contributed by atoms with Crippen LogP contribution in [0.1, 0.15) is 31.6 Å². The average Bonchev–Trinajstić information content (AvgIpc) is 2.36. The highest BCUT2D eigenvalue weighted by atomic mass is 16.5. The van der Waals surface area contributed by atoms with Gasteiger partial charge in [0.05, 0.1) is 6.20 Å². The highest BCUT2D eigenvalue weighted by Crippen LogP contribution is 2.10. The number of rotatable bonds is 3. The molecule has 0 N–H and O–H groups in total. The van der Waals surface area contributed by atoms with Crippen molar-refractivity contribution in [2.75, 3.05) is 0 Å². The Morgan fingerprint density at radius 1 is 1.50 bits per heavy atom. The first kappa shape index (κ1) is 7.32. The Hall–Kier alpha value is -0.790. The van der Waals surface area contributed by atoms with E-state index in [4.69, 9.17) is 4.52 Å². The maximum Gasteiger partial charge on any atom is 0.139 e. The van der Waals surface area contributed by atoms with E-state index in [1.807, 2.05) is 6.20 Å². The highest BCUT2D eigenvalue weighted by molar-refractivity contribution is 5.12. The van der Waals surface area contributed by atoms with Gasteiger partial charge in [-0.3, -0.25) is 0 Å². The molecule has 1 aromatic rings. The van der Waals surface area contributed by atoms with E-state index in [-0.39, 0.29) is 0 Å². The van der Waals surface area contributed by atoms with E-state index in [2.05, 4.69) is 19.0 Å². The van der Waals surface area contributed by atoms with Crippen LogP contribution in [0.5, 0.6) is 0 Å². The molecular weight excluding hydrogens is 126 g/mol. The lowest BCUT2D eigenvalue weighted by Gasteiger charge is -1.92. The average molecular weight is 139 g/mol. The van der Waals surface area contributed by atoms with Crippen molar-refractivity contribution in [1.29, 1.82) is 0 Å². The molecule has 0 aliphatic heterocycles. The molecule has 0 atom stereocenters. The first-order valence-corrected chi connectivity index (χ1v) is 3.80. The van der Waals surface area contributed by atoms with Crippen molar-refractivity contribution in [2.24, 2.45) is 0 Å². The number of hydrogen-bond donors (Lipinski definition) is 0. The van der Waals surface area contributed by atoms with Gasteiger partial charge in [0.2, 0.25) is 0 Å². The predicted molar refractivity (Wildman–Crippen MR) is 39.9 cm³/mol. The summed E-state index contributed by atoms with van der Waals surface area (Å²) < 4.78 is 5.05. The molecule has 0 saturated heterocycles. The highest BCUT2D eigenvalue weighted by Gasteiger charge is 2.02. The standard InChI is InChI=1S/C8H13NO/c1-3-5-8-7(4-2)6-9-10-8/h6H,3-5H2,1-2H3. The molecule has 1 aromatic heterocycles. The molecule has 0 amide bonds. The Kier molecular flexibility index (Phi) is 2.49. The normalized spacial score (nSPS) is 10.2. The van der Waals surface area contributed by atoms with Gasteiger partial charge in [-0.05, 0) is 12.8 Å². The Morgan fingerprint density at radius 3 is 2.90 bits per heavy atom. The molecule has 0 saturated carbocycles. The van der Waals surface area contributed by atoms with Crippen molar-refractivity contribution in [1.82, 2.24) is 5.16 Å². The third-order valence-electron chi connectivity index (χ3n) is 1.59. The molecule has 0 aliphatic rings. The lowest BCUT2D eigenvalue weighted by Crippen LogP contribution is -1.85. The van der Waals surface area contributed by atoms with E-state index in [0.29, 0.717) is 0 Å². The maximum absolute atomic E-state index is 5.05. The predicted octanol–water partition coefficient (Wildman–Crippen LogP) is 2.19. The smallest absolute Gasteiger partial charge is 0.139 e. The van der Waals surface area contributed by atoms with Gasteiger partial charge in [-0.25, -0.2) is 0 Å². The third-order valence-corrected chi connectivity index (χ3v) is 1.59. The fourth-order valence-electron chi connectivity index (χ4n) is 1.01. The van der Waals surface area contributed by atoms with Crippen LogP contribution in [0, 0.1) is 0 Å². The van der Waals surface area contributed by atoms with Crippen molar-refractivity contribution in [3.63, 3.8) is 0 Å². The second kappa shape index (κ2) is 3.40. The monoisotopic (exact) mass is 139 g/mol. The molecule has 0 radical (unpaired) electrons. The van der Waals surface area contributed by atoms with Crippen LogP contribution in [-0.2, 0) is 12.8 Å². The first-order valence-electron chi connectivity index (χ1n) is 3.80. The summed E-state index contributed by atoms with van der Waals surface area (Å²) in [6, 6.07) is 0. The van der Waals surface area contributed by atoms with Gasteiger partial charge in [-0.1, -0.05) is 19.0 Å². The zero-order valence-corrected chi connectivity index (χ0v) is 6.55. The molecule has 0 spiro atoms. The van der Waals surface area contributed by atoms with E-state index in [9.17, 15) is 0 Å². The summed E-state index contributed by atoms with van der Waals surface area (Å²) in [6.07, 6.45) is 4.98. The van der Waals surface area contributed by atoms with E-state index >= 15 is 0 Å². The van der Waals surface area contributed by atoms with Crippen LogP contribution in [0.4, 0.5) is 0 Å². The van der Waals surface area contributed by atoms with Gasteiger partial charge in [0.15, 0.2) is 0 Å². The largest absolute Gasteiger partial charge is 0.361 e. The summed E-state index contributed by atoms with van der Waals surface area (Å²) in [5.41, 5.74) is 1.25. The van der Waals surface area contributed by atoms with Gasteiger partial charge in [0.25, 0.3) is 0 Å². The maximum atomic E-state index is 5.05. The fraction of sp³-hybridized carbons (Fsp3) is 0.625. The molecule has 0 aromatic carbocycles.